The first-order valence-corrected chi connectivity index (χ1v) is 7.63. The Morgan fingerprint density at radius 1 is 1.15 bits per heavy atom. The van der Waals surface area contributed by atoms with Crippen LogP contribution in [0.25, 0.3) is 0 Å². The summed E-state index contributed by atoms with van der Waals surface area (Å²) in [6.45, 7) is 10.6. The van der Waals surface area contributed by atoms with Gasteiger partial charge in [-0.05, 0) is 12.1 Å². The van der Waals surface area contributed by atoms with Crippen molar-refractivity contribution in [2.24, 2.45) is 5.92 Å². The summed E-state index contributed by atoms with van der Waals surface area (Å²) >= 11 is 12.1. The van der Waals surface area contributed by atoms with Gasteiger partial charge in [0.05, 0.1) is 29.8 Å². The minimum absolute atomic E-state index is 0. The lowest BCUT2D eigenvalue weighted by Crippen LogP contribution is -3.00. The van der Waals surface area contributed by atoms with E-state index in [1.54, 1.807) is 0 Å². The highest BCUT2D eigenvalue weighted by atomic mass is 35.5. The Hall–Kier alpha value is 0.01000. The first-order valence-electron chi connectivity index (χ1n) is 6.87. The second kappa shape index (κ2) is 7.86. The third-order valence-electron chi connectivity index (χ3n) is 3.67. The fraction of sp³-hybridized carbons (Fsp3) is 0.600. The fourth-order valence-corrected chi connectivity index (χ4v) is 3.26. The minimum atomic E-state index is 0. The van der Waals surface area contributed by atoms with Crippen molar-refractivity contribution in [1.82, 2.24) is 0 Å². The van der Waals surface area contributed by atoms with Crippen LogP contribution < -0.4 is 12.4 Å². The van der Waals surface area contributed by atoms with Gasteiger partial charge in [-0.1, -0.05) is 43.1 Å². The van der Waals surface area contributed by atoms with Gasteiger partial charge < -0.3 is 21.6 Å². The molecule has 1 aromatic rings. The molecule has 1 aliphatic heterocycles. The Kier molecular flexibility index (Phi) is 7.10. The lowest BCUT2D eigenvalue weighted by Gasteiger charge is -2.42. The van der Waals surface area contributed by atoms with Gasteiger partial charge in [0.25, 0.3) is 0 Å². The topological polar surface area (TPSA) is 9.23 Å². The van der Waals surface area contributed by atoms with Gasteiger partial charge in [0, 0.05) is 11.5 Å². The van der Waals surface area contributed by atoms with E-state index in [2.05, 4.69) is 19.9 Å². The van der Waals surface area contributed by atoms with E-state index in [-0.39, 0.29) is 12.4 Å². The van der Waals surface area contributed by atoms with Crippen LogP contribution in [0.5, 0.6) is 0 Å². The Labute approximate surface area is 138 Å². The van der Waals surface area contributed by atoms with Crippen LogP contribution in [0.3, 0.4) is 0 Å². The van der Waals surface area contributed by atoms with Crippen LogP contribution >= 0.6 is 23.2 Å². The van der Waals surface area contributed by atoms with Gasteiger partial charge in [-0.15, -0.1) is 0 Å². The van der Waals surface area contributed by atoms with E-state index in [9.17, 15) is 0 Å². The summed E-state index contributed by atoms with van der Waals surface area (Å²) in [5.41, 5.74) is 1.26. The summed E-state index contributed by atoms with van der Waals surface area (Å²) in [6.07, 6.45) is 0. The molecule has 0 aromatic heterocycles. The van der Waals surface area contributed by atoms with Crippen LogP contribution in [0, 0.1) is 5.92 Å². The maximum absolute atomic E-state index is 6.12. The summed E-state index contributed by atoms with van der Waals surface area (Å²) < 4.78 is 6.62. The van der Waals surface area contributed by atoms with Crippen molar-refractivity contribution in [2.75, 3.05) is 32.8 Å². The van der Waals surface area contributed by atoms with Gasteiger partial charge in [0.2, 0.25) is 0 Å². The fourth-order valence-electron chi connectivity index (χ4n) is 2.94. The van der Waals surface area contributed by atoms with Gasteiger partial charge in [0.15, 0.2) is 0 Å². The summed E-state index contributed by atoms with van der Waals surface area (Å²) in [7, 11) is 0. The third-order valence-corrected chi connectivity index (χ3v) is 4.41. The lowest BCUT2D eigenvalue weighted by molar-refractivity contribution is -0.950. The molecule has 0 radical (unpaired) electrons. The summed E-state index contributed by atoms with van der Waals surface area (Å²) in [5.74, 6) is 0.681. The Morgan fingerprint density at radius 2 is 1.80 bits per heavy atom. The van der Waals surface area contributed by atoms with Gasteiger partial charge in [0.1, 0.15) is 19.6 Å². The van der Waals surface area contributed by atoms with Gasteiger partial charge in [-0.2, -0.15) is 0 Å². The molecular weight excluding hydrogens is 317 g/mol. The molecule has 0 bridgehead atoms. The number of ether oxygens (including phenoxy) is 1. The molecule has 0 N–H and O–H groups in total. The monoisotopic (exact) mass is 337 g/mol. The number of benzene rings is 1. The molecule has 0 unspecified atom stereocenters. The first-order chi connectivity index (χ1) is 9.01. The minimum Gasteiger partial charge on any atom is -1.00 e. The SMILES string of the molecule is CC(C)C[N+]1(Cc2ccc(Cl)c(Cl)c2)CCOCC1.[Cl-]. The molecule has 20 heavy (non-hydrogen) atoms. The molecule has 1 aromatic carbocycles. The number of hydrogen-bond acceptors (Lipinski definition) is 1. The molecule has 2 rings (SSSR count). The van der Waals surface area contributed by atoms with Crippen LogP contribution in [-0.4, -0.2) is 37.3 Å². The van der Waals surface area contributed by atoms with Crippen LogP contribution in [0.15, 0.2) is 18.2 Å². The number of quaternary nitrogens is 1. The van der Waals surface area contributed by atoms with E-state index in [1.807, 2.05) is 12.1 Å². The van der Waals surface area contributed by atoms with E-state index in [4.69, 9.17) is 27.9 Å². The molecular formula is C15H22Cl3NO. The van der Waals surface area contributed by atoms with Crippen molar-refractivity contribution >= 4 is 23.2 Å². The highest BCUT2D eigenvalue weighted by Crippen LogP contribution is 2.26. The van der Waals surface area contributed by atoms with Crippen molar-refractivity contribution in [1.29, 1.82) is 0 Å². The normalized spacial score (nSPS) is 17.9. The molecule has 114 valence electrons. The highest BCUT2D eigenvalue weighted by molar-refractivity contribution is 6.42. The average molecular weight is 339 g/mol. The Balaban J connectivity index is 0.00000200. The largest absolute Gasteiger partial charge is 1.00 e. The standard InChI is InChI=1S/C15H22Cl2NO.ClH/c1-12(2)10-18(5-7-19-8-6-18)11-13-3-4-14(16)15(17)9-13;/h3-4,9,12H,5-8,10-11H2,1-2H3;1H/q+1;/p-1. The summed E-state index contributed by atoms with van der Waals surface area (Å²) in [4.78, 5) is 0. The van der Waals surface area contributed by atoms with Crippen LogP contribution in [0.1, 0.15) is 19.4 Å². The van der Waals surface area contributed by atoms with Crippen LogP contribution in [-0.2, 0) is 11.3 Å². The number of hydrogen-bond donors (Lipinski definition) is 0. The smallest absolute Gasteiger partial charge is 0.105 e. The Morgan fingerprint density at radius 3 is 2.35 bits per heavy atom. The second-order valence-corrected chi connectivity index (χ2v) is 6.70. The predicted molar refractivity (Wildman–Crippen MR) is 80.7 cm³/mol. The summed E-state index contributed by atoms with van der Waals surface area (Å²) in [5, 5.41) is 1.28. The van der Waals surface area contributed by atoms with E-state index in [1.165, 1.54) is 12.1 Å². The molecule has 2 nitrogen and oxygen atoms in total. The number of halogens is 3. The van der Waals surface area contributed by atoms with Crippen molar-refractivity contribution in [3.8, 4) is 0 Å². The van der Waals surface area contributed by atoms with E-state index >= 15 is 0 Å². The van der Waals surface area contributed by atoms with E-state index < -0.39 is 0 Å². The molecule has 0 amide bonds. The quantitative estimate of drug-likeness (QED) is 0.744. The molecule has 1 aliphatic rings. The predicted octanol–water partition coefficient (Wildman–Crippen LogP) is 1.00. The number of nitrogens with zero attached hydrogens (tertiary/aromatic N) is 1. The molecule has 0 atom stereocenters. The molecule has 0 spiro atoms. The maximum atomic E-state index is 6.12. The molecule has 0 aliphatic carbocycles. The lowest BCUT2D eigenvalue weighted by atomic mass is 10.1. The van der Waals surface area contributed by atoms with Crippen LogP contribution in [0.2, 0.25) is 10.0 Å². The van der Waals surface area contributed by atoms with E-state index in [0.717, 1.165) is 37.3 Å². The molecule has 1 heterocycles. The van der Waals surface area contributed by atoms with E-state index in [0.29, 0.717) is 16.0 Å². The van der Waals surface area contributed by atoms with Gasteiger partial charge in [-0.25, -0.2) is 0 Å². The van der Waals surface area contributed by atoms with Crippen molar-refractivity contribution in [2.45, 2.75) is 20.4 Å². The highest BCUT2D eigenvalue weighted by Gasteiger charge is 2.31. The number of morpholine rings is 1. The maximum Gasteiger partial charge on any atom is 0.105 e. The zero-order valence-electron chi connectivity index (χ0n) is 12.0. The molecule has 1 saturated heterocycles. The third kappa shape index (κ3) is 4.78. The Bertz CT molecular complexity index is 431. The number of rotatable bonds is 4. The second-order valence-electron chi connectivity index (χ2n) is 5.88. The van der Waals surface area contributed by atoms with Crippen LogP contribution in [0.4, 0.5) is 0 Å². The average Bonchev–Trinajstić information content (AvgIpc) is 2.34. The summed E-state index contributed by atoms with van der Waals surface area (Å²) in [6, 6.07) is 5.98. The molecule has 1 fully saturated rings. The van der Waals surface area contributed by atoms with Crippen molar-refractivity contribution in [3.63, 3.8) is 0 Å². The van der Waals surface area contributed by atoms with Crippen molar-refractivity contribution < 1.29 is 21.6 Å². The van der Waals surface area contributed by atoms with Crippen molar-refractivity contribution in [3.05, 3.63) is 33.8 Å². The first kappa shape index (κ1) is 18.1. The van der Waals surface area contributed by atoms with Gasteiger partial charge >= 0.3 is 0 Å². The van der Waals surface area contributed by atoms with Gasteiger partial charge in [-0.3, -0.25) is 0 Å². The molecule has 5 heteroatoms. The molecule has 0 saturated carbocycles. The zero-order chi connectivity index (χ0) is 13.9. The zero-order valence-corrected chi connectivity index (χ0v) is 14.3.